The van der Waals surface area contributed by atoms with Crippen LogP contribution in [-0.2, 0) is 0 Å². The third-order valence-corrected chi connectivity index (χ3v) is 0.696. The van der Waals surface area contributed by atoms with Crippen molar-refractivity contribution in [1.29, 1.82) is 0 Å². The minimum absolute atomic E-state index is 0.164. The molecule has 0 saturated carbocycles. The third kappa shape index (κ3) is 1.03. The van der Waals surface area contributed by atoms with Crippen molar-refractivity contribution in [2.75, 3.05) is 6.54 Å². The maximum atomic E-state index is 11.9. The molecule has 1 aliphatic heterocycles. The second-order valence-electron chi connectivity index (χ2n) is 1.28. The summed E-state index contributed by atoms with van der Waals surface area (Å²) in [5, 5.41) is 2.66. The molecule has 0 aliphatic carbocycles. The minimum atomic E-state index is -0.164. The van der Waals surface area contributed by atoms with Crippen LogP contribution in [0.2, 0.25) is 0 Å². The van der Waals surface area contributed by atoms with Crippen molar-refractivity contribution in [3.05, 3.63) is 24.2 Å². The molecule has 2 heteroatoms. The van der Waals surface area contributed by atoms with E-state index >= 15 is 0 Å². The molecule has 0 aromatic rings. The van der Waals surface area contributed by atoms with E-state index in [0.29, 0.717) is 6.54 Å². The second-order valence-corrected chi connectivity index (χ2v) is 1.28. The standard InChI is InChI=1S/C5H5FN/c6-5-2-1-3-7-4-5/h2-3,7H,4H2. The van der Waals surface area contributed by atoms with E-state index in [9.17, 15) is 4.39 Å². The van der Waals surface area contributed by atoms with Gasteiger partial charge in [-0.2, -0.15) is 0 Å². The molecule has 1 aliphatic rings. The van der Waals surface area contributed by atoms with Gasteiger partial charge in [0, 0.05) is 12.3 Å². The molecule has 1 radical (unpaired) electrons. The van der Waals surface area contributed by atoms with Gasteiger partial charge in [-0.15, -0.1) is 0 Å². The Balaban J connectivity index is 2.57. The normalized spacial score (nSPS) is 18.1. The Hall–Kier alpha value is -0.790. The van der Waals surface area contributed by atoms with Crippen LogP contribution in [0.1, 0.15) is 0 Å². The summed E-state index contributed by atoms with van der Waals surface area (Å²) < 4.78 is 11.9. The van der Waals surface area contributed by atoms with E-state index in [2.05, 4.69) is 11.4 Å². The van der Waals surface area contributed by atoms with Gasteiger partial charge >= 0.3 is 0 Å². The molecular weight excluding hydrogens is 93.1 g/mol. The van der Waals surface area contributed by atoms with E-state index in [1.54, 1.807) is 6.20 Å². The van der Waals surface area contributed by atoms with Crippen LogP contribution in [0.3, 0.4) is 0 Å². The van der Waals surface area contributed by atoms with Crippen LogP contribution in [-0.4, -0.2) is 6.54 Å². The summed E-state index contributed by atoms with van der Waals surface area (Å²) in [6.07, 6.45) is 5.46. The van der Waals surface area contributed by atoms with Crippen molar-refractivity contribution in [3.8, 4) is 0 Å². The summed E-state index contributed by atoms with van der Waals surface area (Å²) >= 11 is 0. The summed E-state index contributed by atoms with van der Waals surface area (Å²) in [5.74, 6) is -0.164. The summed E-state index contributed by atoms with van der Waals surface area (Å²) in [6, 6.07) is 0. The fourth-order valence-corrected chi connectivity index (χ4v) is 0.391. The van der Waals surface area contributed by atoms with Crippen LogP contribution in [0.15, 0.2) is 18.1 Å². The van der Waals surface area contributed by atoms with Crippen LogP contribution in [0, 0.1) is 6.08 Å². The fraction of sp³-hybridized carbons (Fsp3) is 0.200. The van der Waals surface area contributed by atoms with Crippen molar-refractivity contribution in [1.82, 2.24) is 5.32 Å². The number of allylic oxidation sites excluding steroid dienone is 2. The van der Waals surface area contributed by atoms with E-state index in [0.717, 1.165) is 0 Å². The van der Waals surface area contributed by atoms with Crippen molar-refractivity contribution in [3.63, 3.8) is 0 Å². The first kappa shape index (κ1) is 4.37. The first-order valence-electron chi connectivity index (χ1n) is 2.05. The molecule has 0 fully saturated rings. The molecule has 0 saturated heterocycles. The molecule has 0 spiro atoms. The fourth-order valence-electron chi connectivity index (χ4n) is 0.391. The van der Waals surface area contributed by atoms with Crippen LogP contribution in [0.5, 0.6) is 0 Å². The predicted molar refractivity (Wildman–Crippen MR) is 25.0 cm³/mol. The van der Waals surface area contributed by atoms with Crippen LogP contribution >= 0.6 is 0 Å². The van der Waals surface area contributed by atoms with Gasteiger partial charge in [-0.25, -0.2) is 4.39 Å². The van der Waals surface area contributed by atoms with Gasteiger partial charge in [-0.1, -0.05) is 0 Å². The van der Waals surface area contributed by atoms with Gasteiger partial charge in [-0.3, -0.25) is 0 Å². The smallest absolute Gasteiger partial charge is 0.120 e. The zero-order chi connectivity index (χ0) is 5.11. The topological polar surface area (TPSA) is 12.0 Å². The second kappa shape index (κ2) is 1.78. The summed E-state index contributed by atoms with van der Waals surface area (Å²) in [6.45, 7) is 0.312. The molecule has 0 aromatic carbocycles. The first-order valence-corrected chi connectivity index (χ1v) is 2.05. The SMILES string of the molecule is FC1=C[C]=CNC1. The molecular formula is C5H5FN. The molecule has 0 aromatic heterocycles. The Kier molecular flexibility index (Phi) is 1.11. The van der Waals surface area contributed by atoms with Gasteiger partial charge in [0.15, 0.2) is 0 Å². The maximum absolute atomic E-state index is 11.9. The molecule has 0 bridgehead atoms. The van der Waals surface area contributed by atoms with Gasteiger partial charge in [-0.05, 0) is 6.08 Å². The van der Waals surface area contributed by atoms with Crippen LogP contribution in [0.25, 0.3) is 0 Å². The van der Waals surface area contributed by atoms with E-state index < -0.39 is 0 Å². The Labute approximate surface area is 41.5 Å². The highest BCUT2D eigenvalue weighted by molar-refractivity contribution is 5.06. The maximum Gasteiger partial charge on any atom is 0.120 e. The van der Waals surface area contributed by atoms with Gasteiger partial charge in [0.05, 0.1) is 6.54 Å². The van der Waals surface area contributed by atoms with E-state index in [1.165, 1.54) is 6.08 Å². The number of nitrogens with one attached hydrogen (secondary N) is 1. The monoisotopic (exact) mass is 98.0 g/mol. The van der Waals surface area contributed by atoms with Gasteiger partial charge in [0.1, 0.15) is 5.83 Å². The summed E-state index contributed by atoms with van der Waals surface area (Å²) in [4.78, 5) is 0. The van der Waals surface area contributed by atoms with Crippen molar-refractivity contribution >= 4 is 0 Å². The third-order valence-electron chi connectivity index (χ3n) is 0.696. The molecule has 0 atom stereocenters. The molecule has 7 heavy (non-hydrogen) atoms. The number of rotatable bonds is 0. The Morgan fingerprint density at radius 1 is 1.86 bits per heavy atom. The van der Waals surface area contributed by atoms with Crippen molar-refractivity contribution in [2.45, 2.75) is 0 Å². The summed E-state index contributed by atoms with van der Waals surface area (Å²) in [5.41, 5.74) is 0. The molecule has 1 nitrogen and oxygen atoms in total. The van der Waals surface area contributed by atoms with Crippen molar-refractivity contribution < 1.29 is 4.39 Å². The lowest BCUT2D eigenvalue weighted by Crippen LogP contribution is -2.09. The number of dihydropyridines is 1. The first-order chi connectivity index (χ1) is 3.39. The molecule has 1 heterocycles. The molecule has 1 rings (SSSR count). The predicted octanol–water partition coefficient (Wildman–Crippen LogP) is 0.760. The van der Waals surface area contributed by atoms with Gasteiger partial charge in [0.25, 0.3) is 0 Å². The number of hydrogen-bond donors (Lipinski definition) is 1. The minimum Gasteiger partial charge on any atom is -0.384 e. The van der Waals surface area contributed by atoms with Crippen molar-refractivity contribution in [2.24, 2.45) is 0 Å². The lowest BCUT2D eigenvalue weighted by molar-refractivity contribution is 0.593. The molecule has 0 amide bonds. The lowest BCUT2D eigenvalue weighted by atomic mass is 10.4. The largest absolute Gasteiger partial charge is 0.384 e. The lowest BCUT2D eigenvalue weighted by Gasteiger charge is -1.98. The molecule has 37 valence electrons. The quantitative estimate of drug-likeness (QED) is 0.471. The van der Waals surface area contributed by atoms with E-state index in [1.807, 2.05) is 0 Å². The van der Waals surface area contributed by atoms with Crippen LogP contribution < -0.4 is 5.32 Å². The average molecular weight is 98.1 g/mol. The Morgan fingerprint density at radius 3 is 3.00 bits per heavy atom. The molecule has 0 unspecified atom stereocenters. The van der Waals surface area contributed by atoms with Crippen LogP contribution in [0.4, 0.5) is 4.39 Å². The van der Waals surface area contributed by atoms with Gasteiger partial charge in [0.2, 0.25) is 0 Å². The summed E-state index contributed by atoms with van der Waals surface area (Å²) in [7, 11) is 0. The average Bonchev–Trinajstić information content (AvgIpc) is 1.69. The highest BCUT2D eigenvalue weighted by Gasteiger charge is 1.91. The van der Waals surface area contributed by atoms with E-state index in [4.69, 9.17) is 0 Å². The number of halogens is 1. The molecule has 1 N–H and O–H groups in total. The van der Waals surface area contributed by atoms with Gasteiger partial charge < -0.3 is 5.32 Å². The highest BCUT2D eigenvalue weighted by atomic mass is 19.1. The highest BCUT2D eigenvalue weighted by Crippen LogP contribution is 1.96. The number of hydrogen-bond acceptors (Lipinski definition) is 1. The zero-order valence-electron chi connectivity index (χ0n) is 3.74. The Bertz CT molecular complexity index is 115. The van der Waals surface area contributed by atoms with E-state index in [-0.39, 0.29) is 5.83 Å². The Morgan fingerprint density at radius 2 is 2.71 bits per heavy atom. The zero-order valence-corrected chi connectivity index (χ0v) is 3.74.